The normalized spacial score (nSPS) is 23.1. The summed E-state index contributed by atoms with van der Waals surface area (Å²) in [7, 11) is 0. The lowest BCUT2D eigenvalue weighted by Gasteiger charge is -2.28. The third-order valence-electron chi connectivity index (χ3n) is 6.53. The van der Waals surface area contributed by atoms with Crippen molar-refractivity contribution in [1.29, 1.82) is 0 Å². The number of halogens is 2. The van der Waals surface area contributed by atoms with Crippen LogP contribution in [0.1, 0.15) is 43.4 Å². The highest BCUT2D eigenvalue weighted by molar-refractivity contribution is 6.33. The summed E-state index contributed by atoms with van der Waals surface area (Å²) in [6.45, 7) is 6.93. The highest BCUT2D eigenvalue weighted by atomic mass is 35.5. The maximum atomic E-state index is 15.4. The maximum Gasteiger partial charge on any atom is 0.223 e. The van der Waals surface area contributed by atoms with Crippen LogP contribution in [-0.4, -0.2) is 65.2 Å². The van der Waals surface area contributed by atoms with Gasteiger partial charge in [0.05, 0.1) is 54.9 Å². The number of ether oxygens (including phenoxy) is 2. The van der Waals surface area contributed by atoms with E-state index in [9.17, 15) is 5.11 Å². The summed E-state index contributed by atoms with van der Waals surface area (Å²) >= 11 is 6.47. The molecule has 2 aliphatic heterocycles. The van der Waals surface area contributed by atoms with Gasteiger partial charge >= 0.3 is 0 Å². The second-order valence-electron chi connectivity index (χ2n) is 9.29. The Bertz CT molecular complexity index is 1220. The highest BCUT2D eigenvalue weighted by Gasteiger charge is 2.26. The van der Waals surface area contributed by atoms with E-state index in [1.165, 1.54) is 12.3 Å². The van der Waals surface area contributed by atoms with Gasteiger partial charge in [-0.15, -0.1) is 0 Å². The van der Waals surface area contributed by atoms with Crippen LogP contribution in [0.3, 0.4) is 0 Å². The van der Waals surface area contributed by atoms with Crippen LogP contribution in [0.4, 0.5) is 10.3 Å². The summed E-state index contributed by atoms with van der Waals surface area (Å²) in [6, 6.07) is 3.06. The fraction of sp³-hybridized carbons (Fsp3) is 0.480. The number of aromatic nitrogens is 3. The molecule has 5 rings (SSSR count). The number of benzene rings is 1. The lowest BCUT2D eigenvalue weighted by Crippen LogP contribution is -2.42. The van der Waals surface area contributed by atoms with Gasteiger partial charge in [0.25, 0.3) is 0 Å². The predicted molar refractivity (Wildman–Crippen MR) is 132 cm³/mol. The molecule has 1 aromatic carbocycles. The van der Waals surface area contributed by atoms with Crippen molar-refractivity contribution in [3.63, 3.8) is 0 Å². The molecule has 2 fully saturated rings. The van der Waals surface area contributed by atoms with E-state index in [0.29, 0.717) is 54.0 Å². The van der Waals surface area contributed by atoms with Crippen molar-refractivity contribution >= 4 is 28.5 Å². The van der Waals surface area contributed by atoms with E-state index in [0.717, 1.165) is 23.1 Å². The van der Waals surface area contributed by atoms with Crippen molar-refractivity contribution in [3.8, 4) is 11.3 Å². The van der Waals surface area contributed by atoms with E-state index in [4.69, 9.17) is 21.1 Å². The summed E-state index contributed by atoms with van der Waals surface area (Å²) in [4.78, 5) is 13.3. The number of nitrogens with zero attached hydrogens (tertiary/aromatic N) is 3. The zero-order valence-electron chi connectivity index (χ0n) is 19.7. The molecule has 3 N–H and O–H groups in total. The maximum absolute atomic E-state index is 15.4. The Morgan fingerprint density at radius 3 is 2.74 bits per heavy atom. The molecule has 2 aromatic heterocycles. The summed E-state index contributed by atoms with van der Waals surface area (Å²) in [6.07, 6.45) is 3.20. The number of hydrogen-bond donors (Lipinski definition) is 3. The highest BCUT2D eigenvalue weighted by Crippen LogP contribution is 2.37. The number of morpholine rings is 1. The molecule has 3 atom stereocenters. The number of pyridine rings is 1. The van der Waals surface area contributed by atoms with Crippen LogP contribution < -0.4 is 10.6 Å². The molecule has 35 heavy (non-hydrogen) atoms. The van der Waals surface area contributed by atoms with E-state index < -0.39 is 11.9 Å². The SMILES string of the molecule is CC(C)c1c(C2COCCN2)cnc2c(F)cc(-c3nc(N[C@@H]4CCOC[C@H]4O)ncc3Cl)cc12. The second kappa shape index (κ2) is 10.3. The van der Waals surface area contributed by atoms with Crippen LogP contribution in [0, 0.1) is 5.82 Å². The number of nitrogens with one attached hydrogen (secondary N) is 2. The predicted octanol–water partition coefficient (Wildman–Crippen LogP) is 3.83. The van der Waals surface area contributed by atoms with Gasteiger partial charge in [-0.05, 0) is 35.6 Å². The number of hydrogen-bond acceptors (Lipinski definition) is 8. The zero-order chi connectivity index (χ0) is 24.5. The van der Waals surface area contributed by atoms with Crippen LogP contribution >= 0.6 is 11.6 Å². The van der Waals surface area contributed by atoms with Crippen molar-refractivity contribution < 1.29 is 19.0 Å². The van der Waals surface area contributed by atoms with E-state index in [-0.39, 0.29) is 24.6 Å². The lowest BCUT2D eigenvalue weighted by molar-refractivity contribution is -0.0136. The molecule has 0 radical (unpaired) electrons. The van der Waals surface area contributed by atoms with Crippen LogP contribution in [0.2, 0.25) is 5.02 Å². The van der Waals surface area contributed by atoms with Gasteiger partial charge in [-0.1, -0.05) is 25.4 Å². The molecular weight excluding hydrogens is 473 g/mol. The Morgan fingerprint density at radius 2 is 2.00 bits per heavy atom. The van der Waals surface area contributed by atoms with E-state index in [1.54, 1.807) is 6.20 Å². The standard InChI is InChI=1S/C25H29ClFN5O3/c1-13(2)22-15-7-14(8-18(27)24(15)29-9-16(22)20-11-35-6-4-28-20)23-17(26)10-30-25(32-23)31-19-3-5-34-12-21(19)33/h7-10,13,19-21,28,33H,3-6,11-12H2,1-2H3,(H,30,31,32)/t19-,20?,21-/m1/s1. The summed E-state index contributed by atoms with van der Waals surface area (Å²) in [5.74, 6) is 0.000180. The Morgan fingerprint density at radius 1 is 1.17 bits per heavy atom. The Hall–Kier alpha value is -2.43. The van der Waals surface area contributed by atoms with E-state index in [2.05, 4.69) is 39.4 Å². The van der Waals surface area contributed by atoms with Gasteiger partial charge < -0.3 is 25.2 Å². The molecule has 2 saturated heterocycles. The zero-order valence-corrected chi connectivity index (χ0v) is 20.5. The summed E-state index contributed by atoms with van der Waals surface area (Å²) < 4.78 is 26.3. The second-order valence-corrected chi connectivity index (χ2v) is 9.70. The molecular formula is C25H29ClFN5O3. The minimum absolute atomic E-state index is 0.00546. The molecule has 1 unspecified atom stereocenters. The topological polar surface area (TPSA) is 101 Å². The average Bonchev–Trinajstić information content (AvgIpc) is 2.86. The van der Waals surface area contributed by atoms with Crippen molar-refractivity contribution in [2.75, 3.05) is 38.3 Å². The number of aliphatic hydroxyl groups excluding tert-OH is 1. The van der Waals surface area contributed by atoms with Crippen molar-refractivity contribution in [2.45, 2.75) is 44.4 Å². The first-order valence-corrected chi connectivity index (χ1v) is 12.3. The molecule has 0 spiro atoms. The van der Waals surface area contributed by atoms with Crippen molar-refractivity contribution in [3.05, 3.63) is 46.5 Å². The minimum atomic E-state index is -0.667. The fourth-order valence-electron chi connectivity index (χ4n) is 4.81. The Kier molecular flexibility index (Phi) is 7.13. The largest absolute Gasteiger partial charge is 0.389 e. The average molecular weight is 502 g/mol. The summed E-state index contributed by atoms with van der Waals surface area (Å²) in [5.41, 5.74) is 3.28. The van der Waals surface area contributed by atoms with Gasteiger partial charge in [0.15, 0.2) is 0 Å². The molecule has 0 bridgehead atoms. The van der Waals surface area contributed by atoms with Crippen LogP contribution in [0.15, 0.2) is 24.5 Å². The van der Waals surface area contributed by atoms with Crippen molar-refractivity contribution in [1.82, 2.24) is 20.3 Å². The molecule has 8 nitrogen and oxygen atoms in total. The molecule has 4 heterocycles. The number of fused-ring (bicyclic) bond motifs is 1. The van der Waals surface area contributed by atoms with Gasteiger partial charge in [-0.25, -0.2) is 14.4 Å². The molecule has 0 amide bonds. The first-order valence-electron chi connectivity index (χ1n) is 11.9. The van der Waals surface area contributed by atoms with E-state index >= 15 is 4.39 Å². The van der Waals surface area contributed by atoms with Gasteiger partial charge in [-0.2, -0.15) is 0 Å². The molecule has 0 aliphatic carbocycles. The molecule has 186 valence electrons. The molecule has 10 heteroatoms. The monoisotopic (exact) mass is 501 g/mol. The molecule has 0 saturated carbocycles. The van der Waals surface area contributed by atoms with Gasteiger partial charge in [0.2, 0.25) is 5.95 Å². The quantitative estimate of drug-likeness (QED) is 0.485. The fourth-order valence-corrected chi connectivity index (χ4v) is 5.02. The summed E-state index contributed by atoms with van der Waals surface area (Å²) in [5, 5.41) is 17.9. The third kappa shape index (κ3) is 4.96. The smallest absolute Gasteiger partial charge is 0.223 e. The van der Waals surface area contributed by atoms with Crippen LogP contribution in [-0.2, 0) is 9.47 Å². The number of anilines is 1. The van der Waals surface area contributed by atoms with Crippen LogP contribution in [0.25, 0.3) is 22.2 Å². The van der Waals surface area contributed by atoms with Gasteiger partial charge in [0.1, 0.15) is 11.3 Å². The first kappa shape index (κ1) is 24.3. The Labute approximate surface area is 208 Å². The minimum Gasteiger partial charge on any atom is -0.389 e. The number of aliphatic hydroxyl groups is 1. The van der Waals surface area contributed by atoms with Gasteiger partial charge in [-0.3, -0.25) is 4.98 Å². The van der Waals surface area contributed by atoms with Crippen molar-refractivity contribution in [2.24, 2.45) is 0 Å². The number of rotatable bonds is 5. The first-order chi connectivity index (χ1) is 16.9. The molecule has 3 aromatic rings. The third-order valence-corrected chi connectivity index (χ3v) is 6.81. The Balaban J connectivity index is 1.58. The van der Waals surface area contributed by atoms with E-state index in [1.807, 2.05) is 6.07 Å². The lowest BCUT2D eigenvalue weighted by atomic mass is 9.89. The van der Waals surface area contributed by atoms with Gasteiger partial charge in [0, 0.05) is 30.3 Å². The van der Waals surface area contributed by atoms with Crippen LogP contribution in [0.5, 0.6) is 0 Å². The molecule has 2 aliphatic rings.